The highest BCUT2D eigenvalue weighted by molar-refractivity contribution is 5.57. The van der Waals surface area contributed by atoms with Gasteiger partial charge in [-0.05, 0) is 18.2 Å². The van der Waals surface area contributed by atoms with E-state index >= 15 is 0 Å². The van der Waals surface area contributed by atoms with Crippen molar-refractivity contribution in [3.8, 4) is 11.3 Å². The zero-order chi connectivity index (χ0) is 9.26. The molecular formula is C11H13IN2. The maximum atomic E-state index is 2.12. The molecule has 0 aliphatic carbocycles. The third kappa shape index (κ3) is 2.15. The van der Waals surface area contributed by atoms with Crippen molar-refractivity contribution in [3.63, 3.8) is 0 Å². The van der Waals surface area contributed by atoms with Crippen LogP contribution in [0.15, 0.2) is 42.9 Å². The lowest BCUT2D eigenvalue weighted by molar-refractivity contribution is -0.671. The van der Waals surface area contributed by atoms with E-state index in [0.29, 0.717) is 0 Å². The standard InChI is InChI=1S/C11H13N2.HI/c1-12-7-3-5-10(9-12)11-6-4-8-13(11)2;/h3-9H,1-2H3;1H/q+1;/p-1. The van der Waals surface area contributed by atoms with E-state index in [1.807, 2.05) is 13.2 Å². The van der Waals surface area contributed by atoms with E-state index in [0.717, 1.165) is 0 Å². The number of aromatic nitrogens is 2. The van der Waals surface area contributed by atoms with Gasteiger partial charge >= 0.3 is 0 Å². The Labute approximate surface area is 101 Å². The van der Waals surface area contributed by atoms with Crippen LogP contribution in [0.1, 0.15) is 0 Å². The largest absolute Gasteiger partial charge is 1.00 e. The average molecular weight is 300 g/mol. The molecule has 3 heteroatoms. The molecule has 2 rings (SSSR count). The summed E-state index contributed by atoms with van der Waals surface area (Å²) in [5.41, 5.74) is 2.49. The van der Waals surface area contributed by atoms with Crippen molar-refractivity contribution in [1.29, 1.82) is 0 Å². The maximum absolute atomic E-state index is 2.12. The fraction of sp³-hybridized carbons (Fsp3) is 0.182. The third-order valence-electron chi connectivity index (χ3n) is 2.18. The second kappa shape index (κ2) is 4.59. The lowest BCUT2D eigenvalue weighted by Crippen LogP contribution is -3.00. The van der Waals surface area contributed by atoms with Crippen LogP contribution in [0.2, 0.25) is 0 Å². The van der Waals surface area contributed by atoms with Crippen LogP contribution in [0, 0.1) is 0 Å². The number of hydrogen-bond acceptors (Lipinski definition) is 0. The average Bonchev–Trinajstić information content (AvgIpc) is 2.51. The molecule has 2 aromatic heterocycles. The monoisotopic (exact) mass is 300 g/mol. The number of hydrogen-bond donors (Lipinski definition) is 0. The van der Waals surface area contributed by atoms with E-state index in [1.54, 1.807) is 0 Å². The van der Waals surface area contributed by atoms with Crippen LogP contribution >= 0.6 is 0 Å². The predicted octanol–water partition coefficient (Wildman–Crippen LogP) is -1.48. The smallest absolute Gasteiger partial charge is 0.177 e. The Morgan fingerprint density at radius 1 is 1.21 bits per heavy atom. The highest BCUT2D eigenvalue weighted by Gasteiger charge is 2.03. The van der Waals surface area contributed by atoms with Gasteiger partial charge in [-0.15, -0.1) is 0 Å². The van der Waals surface area contributed by atoms with Crippen molar-refractivity contribution >= 4 is 0 Å². The first-order valence-electron chi connectivity index (χ1n) is 4.34. The van der Waals surface area contributed by atoms with E-state index < -0.39 is 0 Å². The molecule has 0 bridgehead atoms. The molecule has 0 aliphatic heterocycles. The molecule has 0 aliphatic rings. The van der Waals surface area contributed by atoms with E-state index in [4.69, 9.17) is 0 Å². The summed E-state index contributed by atoms with van der Waals surface area (Å²) in [6, 6.07) is 8.36. The lowest BCUT2D eigenvalue weighted by atomic mass is 10.2. The minimum atomic E-state index is 0. The molecule has 0 radical (unpaired) electrons. The van der Waals surface area contributed by atoms with Crippen molar-refractivity contribution in [1.82, 2.24) is 4.57 Å². The first kappa shape index (κ1) is 11.2. The molecule has 2 nitrogen and oxygen atoms in total. The summed E-state index contributed by atoms with van der Waals surface area (Å²) in [4.78, 5) is 0. The topological polar surface area (TPSA) is 8.81 Å². The highest BCUT2D eigenvalue weighted by atomic mass is 127. The summed E-state index contributed by atoms with van der Waals surface area (Å²) >= 11 is 0. The van der Waals surface area contributed by atoms with Crippen LogP contribution in [-0.4, -0.2) is 4.57 Å². The fourth-order valence-electron chi connectivity index (χ4n) is 1.50. The minimum Gasteiger partial charge on any atom is -1.00 e. The third-order valence-corrected chi connectivity index (χ3v) is 2.18. The minimum absolute atomic E-state index is 0. The number of nitrogens with zero attached hydrogens (tertiary/aromatic N) is 2. The van der Waals surface area contributed by atoms with Gasteiger partial charge in [0, 0.05) is 19.3 Å². The predicted molar refractivity (Wildman–Crippen MR) is 52.0 cm³/mol. The van der Waals surface area contributed by atoms with Gasteiger partial charge < -0.3 is 28.5 Å². The molecule has 0 spiro atoms. The quantitative estimate of drug-likeness (QED) is 0.449. The molecule has 0 saturated heterocycles. The molecule has 0 atom stereocenters. The first-order valence-corrected chi connectivity index (χ1v) is 4.34. The van der Waals surface area contributed by atoms with Gasteiger partial charge in [-0.2, -0.15) is 0 Å². The van der Waals surface area contributed by atoms with Crippen LogP contribution in [0.25, 0.3) is 11.3 Å². The Balaban J connectivity index is 0.000000980. The Bertz CT molecular complexity index is 421. The molecule has 0 aromatic carbocycles. The molecule has 0 amide bonds. The Kier molecular flexibility index (Phi) is 3.69. The van der Waals surface area contributed by atoms with Crippen LogP contribution in [0.3, 0.4) is 0 Å². The summed E-state index contributed by atoms with van der Waals surface area (Å²) in [6.07, 6.45) is 6.21. The summed E-state index contributed by atoms with van der Waals surface area (Å²) in [7, 11) is 4.09. The molecule has 0 fully saturated rings. The van der Waals surface area contributed by atoms with Crippen molar-refractivity contribution in [2.75, 3.05) is 0 Å². The van der Waals surface area contributed by atoms with Crippen LogP contribution in [0.5, 0.6) is 0 Å². The summed E-state index contributed by atoms with van der Waals surface area (Å²) in [5, 5.41) is 0. The summed E-state index contributed by atoms with van der Waals surface area (Å²) < 4.78 is 4.18. The molecular weight excluding hydrogens is 287 g/mol. The van der Waals surface area contributed by atoms with Gasteiger partial charge in [0.15, 0.2) is 12.4 Å². The molecule has 2 heterocycles. The van der Waals surface area contributed by atoms with Gasteiger partial charge in [0.2, 0.25) is 0 Å². The van der Waals surface area contributed by atoms with Gasteiger partial charge in [0.25, 0.3) is 0 Å². The van der Waals surface area contributed by atoms with Gasteiger partial charge in [-0.3, -0.25) is 0 Å². The molecule has 0 N–H and O–H groups in total. The number of pyridine rings is 1. The summed E-state index contributed by atoms with van der Waals surface area (Å²) in [5.74, 6) is 0. The molecule has 0 unspecified atom stereocenters. The second-order valence-electron chi connectivity index (χ2n) is 3.26. The number of aryl methyl sites for hydroxylation is 2. The van der Waals surface area contributed by atoms with Gasteiger partial charge in [0.1, 0.15) is 7.05 Å². The van der Waals surface area contributed by atoms with E-state index in [1.165, 1.54) is 11.3 Å². The van der Waals surface area contributed by atoms with Gasteiger partial charge in [-0.25, -0.2) is 4.57 Å². The first-order chi connectivity index (χ1) is 6.27. The Morgan fingerprint density at radius 2 is 2.00 bits per heavy atom. The summed E-state index contributed by atoms with van der Waals surface area (Å²) in [6.45, 7) is 0. The van der Waals surface area contributed by atoms with Crippen molar-refractivity contribution in [3.05, 3.63) is 42.9 Å². The lowest BCUT2D eigenvalue weighted by Gasteiger charge is -2.00. The van der Waals surface area contributed by atoms with Crippen molar-refractivity contribution in [2.45, 2.75) is 0 Å². The zero-order valence-corrected chi connectivity index (χ0v) is 10.5. The van der Waals surface area contributed by atoms with Crippen LogP contribution in [-0.2, 0) is 14.1 Å². The molecule has 14 heavy (non-hydrogen) atoms. The van der Waals surface area contributed by atoms with Crippen LogP contribution in [0.4, 0.5) is 0 Å². The Morgan fingerprint density at radius 3 is 2.57 bits per heavy atom. The zero-order valence-electron chi connectivity index (χ0n) is 8.31. The second-order valence-corrected chi connectivity index (χ2v) is 3.26. The van der Waals surface area contributed by atoms with Gasteiger partial charge in [-0.1, -0.05) is 0 Å². The van der Waals surface area contributed by atoms with E-state index in [2.05, 4.69) is 52.8 Å². The van der Waals surface area contributed by atoms with E-state index in [9.17, 15) is 0 Å². The number of rotatable bonds is 1. The highest BCUT2D eigenvalue weighted by Crippen LogP contribution is 2.16. The number of halogens is 1. The maximum Gasteiger partial charge on any atom is 0.177 e. The molecule has 2 aromatic rings. The van der Waals surface area contributed by atoms with E-state index in [-0.39, 0.29) is 24.0 Å². The normalized spacial score (nSPS) is 9.57. The van der Waals surface area contributed by atoms with Gasteiger partial charge in [0.05, 0.1) is 11.3 Å². The molecule has 0 saturated carbocycles. The van der Waals surface area contributed by atoms with Crippen LogP contribution < -0.4 is 28.5 Å². The fourth-order valence-corrected chi connectivity index (χ4v) is 1.50. The van der Waals surface area contributed by atoms with Crippen molar-refractivity contribution < 1.29 is 28.5 Å². The SMILES string of the molecule is Cn1cccc1-c1ccc[n+](C)c1.[I-]. The van der Waals surface area contributed by atoms with Crippen molar-refractivity contribution in [2.24, 2.45) is 14.1 Å². The molecule has 74 valence electrons. The Hall–Kier alpha value is -0.840.